The molecule has 0 saturated carbocycles. The molecule has 3 nitrogen and oxygen atoms in total. The van der Waals surface area contributed by atoms with Gasteiger partial charge in [-0.15, -0.1) is 0 Å². The topological polar surface area (TPSA) is 22.3 Å². The van der Waals surface area contributed by atoms with E-state index in [1.165, 1.54) is 70.2 Å². The minimum absolute atomic E-state index is 0.177. The number of para-hydroxylation sites is 1. The van der Waals surface area contributed by atoms with Crippen molar-refractivity contribution in [3.05, 3.63) is 95.2 Å². The zero-order valence-corrected chi connectivity index (χ0v) is 22.1. The quantitative estimate of drug-likeness (QED) is 0.240. The molecule has 1 unspecified atom stereocenters. The van der Waals surface area contributed by atoms with E-state index in [0.29, 0.717) is 0 Å². The molecule has 0 fully saturated rings. The molecule has 0 aliphatic heterocycles. The van der Waals surface area contributed by atoms with Gasteiger partial charge in [-0.1, -0.05) is 63.1 Å². The van der Waals surface area contributed by atoms with Gasteiger partial charge in [0.25, 0.3) is 0 Å². The van der Waals surface area contributed by atoms with Gasteiger partial charge in [0.15, 0.2) is 0 Å². The number of nitrogens with zero attached hydrogens (tertiary/aromatic N) is 2. The van der Waals surface area contributed by atoms with Crippen molar-refractivity contribution >= 4 is 22.3 Å². The number of fused-ring (bicyclic) bond motifs is 1. The third-order valence-corrected chi connectivity index (χ3v) is 7.17. The highest BCUT2D eigenvalue weighted by atomic mass is 15.1. The normalized spacial score (nSPS) is 12.1. The molecule has 184 valence electrons. The molecule has 3 aromatic carbocycles. The Labute approximate surface area is 211 Å². The summed E-state index contributed by atoms with van der Waals surface area (Å²) in [5.74, 6) is 0.177. The Morgan fingerprint density at radius 2 is 1.43 bits per heavy atom. The molecular weight excluding hydrogens is 426 g/mol. The van der Waals surface area contributed by atoms with E-state index < -0.39 is 0 Å². The van der Waals surface area contributed by atoms with Crippen molar-refractivity contribution < 1.29 is 0 Å². The minimum atomic E-state index is 0.177. The molecule has 0 aliphatic carbocycles. The predicted octanol–water partition coefficient (Wildman–Crippen LogP) is 8.13. The van der Waals surface area contributed by atoms with Crippen molar-refractivity contribution in [2.24, 2.45) is 0 Å². The summed E-state index contributed by atoms with van der Waals surface area (Å²) in [5, 5.41) is 1.30. The number of H-pyrrole nitrogens is 1. The Morgan fingerprint density at radius 1 is 0.771 bits per heavy atom. The van der Waals surface area contributed by atoms with Crippen LogP contribution in [0.1, 0.15) is 67.7 Å². The van der Waals surface area contributed by atoms with Crippen molar-refractivity contribution in [1.29, 1.82) is 0 Å². The molecule has 0 aliphatic rings. The maximum atomic E-state index is 3.52. The van der Waals surface area contributed by atoms with Crippen LogP contribution in [0.15, 0.2) is 72.9 Å². The van der Waals surface area contributed by atoms with E-state index in [-0.39, 0.29) is 5.92 Å². The van der Waals surface area contributed by atoms with Gasteiger partial charge >= 0.3 is 0 Å². The van der Waals surface area contributed by atoms with Crippen molar-refractivity contribution in [2.75, 3.05) is 37.0 Å². The molecule has 4 rings (SSSR count). The SMILES string of the molecule is CCCCN(CCCC)c1ccc(C(c2ccc(N(C)C)cc2)c2c[nH]c3ccccc23)c(C)c1. The molecule has 0 saturated heterocycles. The van der Waals surface area contributed by atoms with Crippen molar-refractivity contribution in [1.82, 2.24) is 4.98 Å². The summed E-state index contributed by atoms with van der Waals surface area (Å²) in [6.07, 6.45) is 7.13. The predicted molar refractivity (Wildman–Crippen MR) is 153 cm³/mol. The third kappa shape index (κ3) is 5.56. The molecule has 4 aromatic rings. The van der Waals surface area contributed by atoms with Crippen LogP contribution >= 0.6 is 0 Å². The summed E-state index contributed by atoms with van der Waals surface area (Å²) in [6, 6.07) is 24.8. The second-order valence-corrected chi connectivity index (χ2v) is 9.94. The largest absolute Gasteiger partial charge is 0.378 e. The molecule has 1 N–H and O–H groups in total. The van der Waals surface area contributed by atoms with Gasteiger partial charge < -0.3 is 14.8 Å². The molecule has 3 heteroatoms. The number of benzene rings is 3. The fourth-order valence-corrected chi connectivity index (χ4v) is 5.07. The van der Waals surface area contributed by atoms with Crippen LogP contribution in [0.2, 0.25) is 0 Å². The van der Waals surface area contributed by atoms with E-state index in [1.54, 1.807) is 0 Å². The lowest BCUT2D eigenvalue weighted by Crippen LogP contribution is -2.25. The summed E-state index contributed by atoms with van der Waals surface area (Å²) in [4.78, 5) is 8.25. The van der Waals surface area contributed by atoms with E-state index in [1.807, 2.05) is 0 Å². The number of rotatable bonds is 11. The van der Waals surface area contributed by atoms with E-state index in [2.05, 4.69) is 123 Å². The second kappa shape index (κ2) is 11.5. The van der Waals surface area contributed by atoms with Crippen LogP contribution in [0, 0.1) is 6.92 Å². The highest BCUT2D eigenvalue weighted by molar-refractivity contribution is 5.85. The zero-order valence-electron chi connectivity index (χ0n) is 22.1. The third-order valence-electron chi connectivity index (χ3n) is 7.17. The van der Waals surface area contributed by atoms with Gasteiger partial charge in [0.1, 0.15) is 0 Å². The lowest BCUT2D eigenvalue weighted by Gasteiger charge is -2.27. The Hall–Kier alpha value is -3.20. The summed E-state index contributed by atoms with van der Waals surface area (Å²) in [6.45, 7) is 9.10. The maximum absolute atomic E-state index is 3.52. The fourth-order valence-electron chi connectivity index (χ4n) is 5.07. The Kier molecular flexibility index (Phi) is 8.17. The van der Waals surface area contributed by atoms with Crippen LogP contribution in [0.4, 0.5) is 11.4 Å². The van der Waals surface area contributed by atoms with Crippen molar-refractivity contribution in [3.8, 4) is 0 Å². The fraction of sp³-hybridized carbons (Fsp3) is 0.375. The number of hydrogen-bond donors (Lipinski definition) is 1. The first-order valence-electron chi connectivity index (χ1n) is 13.2. The van der Waals surface area contributed by atoms with Crippen molar-refractivity contribution in [2.45, 2.75) is 52.4 Å². The van der Waals surface area contributed by atoms with E-state index in [0.717, 1.165) is 13.1 Å². The number of hydrogen-bond acceptors (Lipinski definition) is 2. The zero-order chi connectivity index (χ0) is 24.8. The second-order valence-electron chi connectivity index (χ2n) is 9.94. The Balaban J connectivity index is 1.78. The first kappa shape index (κ1) is 24.9. The van der Waals surface area contributed by atoms with Gasteiger partial charge in [-0.05, 0) is 72.4 Å². The van der Waals surface area contributed by atoms with Gasteiger partial charge in [0.05, 0.1) is 0 Å². The number of anilines is 2. The molecule has 1 heterocycles. The van der Waals surface area contributed by atoms with Crippen LogP contribution in [0.25, 0.3) is 10.9 Å². The Bertz CT molecular complexity index is 1210. The molecule has 1 atom stereocenters. The summed E-state index contributed by atoms with van der Waals surface area (Å²) < 4.78 is 0. The van der Waals surface area contributed by atoms with Crippen LogP contribution in [-0.2, 0) is 0 Å². The van der Waals surface area contributed by atoms with Gasteiger partial charge in [0.2, 0.25) is 0 Å². The average Bonchev–Trinajstić information content (AvgIpc) is 3.29. The Morgan fingerprint density at radius 3 is 2.06 bits per heavy atom. The minimum Gasteiger partial charge on any atom is -0.378 e. The molecule has 0 amide bonds. The average molecular weight is 468 g/mol. The standard InChI is InChI=1S/C32H41N3/c1-6-8-20-35(21-9-7-2)27-18-19-28(24(3)22-27)32(25-14-16-26(17-15-25)34(4)5)30-23-33-31-13-11-10-12-29(30)31/h10-19,22-23,32-33H,6-9,20-21H2,1-5H3. The number of unbranched alkanes of at least 4 members (excludes halogenated alkanes) is 2. The summed E-state index contributed by atoms with van der Waals surface area (Å²) >= 11 is 0. The summed E-state index contributed by atoms with van der Waals surface area (Å²) in [5.41, 5.74) is 9.16. The van der Waals surface area contributed by atoms with E-state index in [4.69, 9.17) is 0 Å². The highest BCUT2D eigenvalue weighted by Gasteiger charge is 2.22. The van der Waals surface area contributed by atoms with Gasteiger partial charge in [0, 0.05) is 61.6 Å². The molecule has 0 radical (unpaired) electrons. The van der Waals surface area contributed by atoms with Gasteiger partial charge in [-0.2, -0.15) is 0 Å². The van der Waals surface area contributed by atoms with Crippen LogP contribution in [0.5, 0.6) is 0 Å². The molecular formula is C32H41N3. The maximum Gasteiger partial charge on any atom is 0.0457 e. The lowest BCUT2D eigenvalue weighted by atomic mass is 9.82. The van der Waals surface area contributed by atoms with Gasteiger partial charge in [-0.25, -0.2) is 0 Å². The highest BCUT2D eigenvalue weighted by Crippen LogP contribution is 2.39. The molecule has 0 spiro atoms. The molecule has 1 aromatic heterocycles. The van der Waals surface area contributed by atoms with Crippen LogP contribution in [0.3, 0.4) is 0 Å². The number of aromatic nitrogens is 1. The van der Waals surface area contributed by atoms with E-state index >= 15 is 0 Å². The molecule has 35 heavy (non-hydrogen) atoms. The van der Waals surface area contributed by atoms with Crippen molar-refractivity contribution in [3.63, 3.8) is 0 Å². The first-order valence-corrected chi connectivity index (χ1v) is 13.2. The number of aryl methyl sites for hydroxylation is 1. The van der Waals surface area contributed by atoms with E-state index in [9.17, 15) is 0 Å². The molecule has 0 bridgehead atoms. The summed E-state index contributed by atoms with van der Waals surface area (Å²) in [7, 11) is 4.19. The number of aromatic amines is 1. The van der Waals surface area contributed by atoms with Gasteiger partial charge in [-0.3, -0.25) is 0 Å². The number of nitrogens with one attached hydrogen (secondary N) is 1. The van der Waals surface area contributed by atoms with Crippen LogP contribution < -0.4 is 9.80 Å². The monoisotopic (exact) mass is 467 g/mol. The smallest absolute Gasteiger partial charge is 0.0457 e. The van der Waals surface area contributed by atoms with Crippen LogP contribution in [-0.4, -0.2) is 32.2 Å². The lowest BCUT2D eigenvalue weighted by molar-refractivity contribution is 0.677. The first-order chi connectivity index (χ1) is 17.0.